The molecule has 0 aromatic heterocycles. The van der Waals surface area contributed by atoms with Crippen LogP contribution in [0, 0.1) is 0 Å². The number of nitrogens with two attached hydrogens (primary N) is 1. The quantitative estimate of drug-likeness (QED) is 0.900. The Hall–Kier alpha value is -2.40. The van der Waals surface area contributed by atoms with Gasteiger partial charge >= 0.3 is 5.97 Å². The first kappa shape index (κ1) is 15.0. The van der Waals surface area contributed by atoms with Gasteiger partial charge in [0.1, 0.15) is 6.04 Å². The van der Waals surface area contributed by atoms with Gasteiger partial charge in [0.05, 0.1) is 11.7 Å². The summed E-state index contributed by atoms with van der Waals surface area (Å²) in [6.07, 6.45) is 0. The molecule has 2 aromatic rings. The molecule has 0 bridgehead atoms. The van der Waals surface area contributed by atoms with E-state index in [1.54, 1.807) is 19.1 Å². The Bertz CT molecular complexity index is 677. The van der Waals surface area contributed by atoms with Crippen LogP contribution < -0.4 is 10.6 Å². The molecule has 0 aliphatic carbocycles. The molecule has 0 radical (unpaired) electrons. The van der Waals surface area contributed by atoms with Crippen molar-refractivity contribution < 1.29 is 14.7 Å². The van der Waals surface area contributed by atoms with Gasteiger partial charge in [-0.3, -0.25) is 9.69 Å². The second-order valence-corrected chi connectivity index (χ2v) is 5.01. The van der Waals surface area contributed by atoms with Crippen LogP contribution in [0.25, 0.3) is 10.8 Å². The molecule has 0 spiro atoms. The Morgan fingerprint density at radius 2 is 1.71 bits per heavy atom. The van der Waals surface area contributed by atoms with Crippen LogP contribution in [0.2, 0.25) is 0 Å². The second-order valence-electron chi connectivity index (χ2n) is 5.01. The maximum absolute atomic E-state index is 12.4. The molecule has 2 atom stereocenters. The molecule has 110 valence electrons. The van der Waals surface area contributed by atoms with E-state index < -0.39 is 24.0 Å². The van der Waals surface area contributed by atoms with Crippen molar-refractivity contribution >= 4 is 28.3 Å². The summed E-state index contributed by atoms with van der Waals surface area (Å²) in [5.74, 6) is -1.49. The number of hydrogen-bond donors (Lipinski definition) is 2. The van der Waals surface area contributed by atoms with E-state index in [0.29, 0.717) is 5.69 Å². The number of nitrogens with zero attached hydrogens (tertiary/aromatic N) is 1. The maximum atomic E-state index is 12.4. The van der Waals surface area contributed by atoms with E-state index in [2.05, 4.69) is 0 Å². The average molecular weight is 286 g/mol. The maximum Gasteiger partial charge on any atom is 0.326 e. The molecule has 0 unspecified atom stereocenters. The Morgan fingerprint density at radius 1 is 1.10 bits per heavy atom. The van der Waals surface area contributed by atoms with Crippen LogP contribution in [0.1, 0.15) is 13.8 Å². The molecule has 0 fully saturated rings. The van der Waals surface area contributed by atoms with Gasteiger partial charge in [-0.2, -0.15) is 0 Å². The Balaban J connectivity index is 2.64. The minimum atomic E-state index is -1.07. The van der Waals surface area contributed by atoms with Gasteiger partial charge in [0.25, 0.3) is 0 Å². The Morgan fingerprint density at radius 3 is 2.33 bits per heavy atom. The molecule has 0 saturated heterocycles. The van der Waals surface area contributed by atoms with E-state index in [4.69, 9.17) is 5.73 Å². The highest BCUT2D eigenvalue weighted by Gasteiger charge is 2.29. The van der Waals surface area contributed by atoms with Gasteiger partial charge in [-0.1, -0.05) is 36.4 Å². The van der Waals surface area contributed by atoms with Crippen molar-refractivity contribution in [3.8, 4) is 0 Å². The molecule has 2 rings (SSSR count). The van der Waals surface area contributed by atoms with Gasteiger partial charge < -0.3 is 10.8 Å². The summed E-state index contributed by atoms with van der Waals surface area (Å²) < 4.78 is 0. The fourth-order valence-electron chi connectivity index (χ4n) is 2.27. The molecule has 0 aliphatic rings. The molecule has 5 nitrogen and oxygen atoms in total. The molecule has 0 aliphatic heterocycles. The molecule has 0 saturated carbocycles. The van der Waals surface area contributed by atoms with Crippen molar-refractivity contribution in [2.75, 3.05) is 4.90 Å². The third-order valence-electron chi connectivity index (χ3n) is 3.40. The fraction of sp³-hybridized carbons (Fsp3) is 0.250. The normalized spacial score (nSPS) is 13.7. The summed E-state index contributed by atoms with van der Waals surface area (Å²) in [7, 11) is 0. The number of aliphatic carboxylic acids is 1. The lowest BCUT2D eigenvalue weighted by molar-refractivity contribution is -0.139. The van der Waals surface area contributed by atoms with Gasteiger partial charge in [-0.25, -0.2) is 4.79 Å². The summed E-state index contributed by atoms with van der Waals surface area (Å²) in [5, 5.41) is 11.0. The third kappa shape index (κ3) is 2.87. The van der Waals surface area contributed by atoms with E-state index in [1.807, 2.05) is 30.3 Å². The van der Waals surface area contributed by atoms with Crippen molar-refractivity contribution in [1.29, 1.82) is 0 Å². The summed E-state index contributed by atoms with van der Waals surface area (Å²) >= 11 is 0. The predicted octanol–water partition coefficient (Wildman–Crippen LogP) is 1.99. The summed E-state index contributed by atoms with van der Waals surface area (Å²) in [5.41, 5.74) is 6.23. The Kier molecular flexibility index (Phi) is 4.23. The van der Waals surface area contributed by atoms with Crippen LogP contribution in [0.4, 0.5) is 5.69 Å². The van der Waals surface area contributed by atoms with Crippen molar-refractivity contribution in [3.63, 3.8) is 0 Å². The number of rotatable bonds is 4. The first-order valence-corrected chi connectivity index (χ1v) is 6.72. The van der Waals surface area contributed by atoms with Crippen LogP contribution in [-0.2, 0) is 9.59 Å². The zero-order valence-electron chi connectivity index (χ0n) is 12.0. The van der Waals surface area contributed by atoms with Gasteiger partial charge in [0.15, 0.2) is 0 Å². The molecule has 2 aromatic carbocycles. The largest absolute Gasteiger partial charge is 0.480 e. The standard InChI is InChI=1S/C16H18N2O3/c1-10(17)15(19)18(11(2)16(20)21)14-9-5-7-12-6-3-4-8-13(12)14/h3-11H,17H2,1-2H3,(H,20,21)/t10-,11-/m0/s1. The fourth-order valence-corrected chi connectivity index (χ4v) is 2.27. The second kappa shape index (κ2) is 5.93. The van der Waals surface area contributed by atoms with Crippen molar-refractivity contribution in [1.82, 2.24) is 0 Å². The highest BCUT2D eigenvalue weighted by molar-refractivity contribution is 6.08. The lowest BCUT2D eigenvalue weighted by atomic mass is 10.1. The van der Waals surface area contributed by atoms with Gasteiger partial charge in [-0.15, -0.1) is 0 Å². The van der Waals surface area contributed by atoms with Gasteiger partial charge in [0.2, 0.25) is 5.91 Å². The number of benzene rings is 2. The van der Waals surface area contributed by atoms with Crippen LogP contribution in [0.15, 0.2) is 42.5 Å². The molecule has 5 heteroatoms. The van der Waals surface area contributed by atoms with Crippen LogP contribution in [0.5, 0.6) is 0 Å². The predicted molar refractivity (Wildman–Crippen MR) is 82.2 cm³/mol. The van der Waals surface area contributed by atoms with E-state index in [-0.39, 0.29) is 0 Å². The van der Waals surface area contributed by atoms with Crippen molar-refractivity contribution in [2.45, 2.75) is 25.9 Å². The third-order valence-corrected chi connectivity index (χ3v) is 3.40. The molecule has 21 heavy (non-hydrogen) atoms. The van der Waals surface area contributed by atoms with E-state index in [1.165, 1.54) is 11.8 Å². The van der Waals surface area contributed by atoms with E-state index in [0.717, 1.165) is 10.8 Å². The number of amides is 1. The SMILES string of the molecule is C[C@H](N)C(=O)N(c1cccc2ccccc12)[C@@H](C)C(=O)O. The summed E-state index contributed by atoms with van der Waals surface area (Å²) in [6, 6.07) is 11.2. The molecular formula is C16H18N2O3. The number of carboxylic acids is 1. The average Bonchev–Trinajstić information content (AvgIpc) is 2.47. The van der Waals surface area contributed by atoms with Crippen LogP contribution in [0.3, 0.4) is 0 Å². The highest BCUT2D eigenvalue weighted by Crippen LogP contribution is 2.28. The molecule has 1 amide bonds. The smallest absolute Gasteiger partial charge is 0.326 e. The van der Waals surface area contributed by atoms with Gasteiger partial charge in [0, 0.05) is 5.39 Å². The lowest BCUT2D eigenvalue weighted by Crippen LogP contribution is -2.49. The topological polar surface area (TPSA) is 83.6 Å². The highest BCUT2D eigenvalue weighted by atomic mass is 16.4. The van der Waals surface area contributed by atoms with Gasteiger partial charge in [-0.05, 0) is 25.3 Å². The summed E-state index contributed by atoms with van der Waals surface area (Å²) in [6.45, 7) is 3.03. The minimum absolute atomic E-state index is 0.416. The van der Waals surface area contributed by atoms with Crippen LogP contribution >= 0.6 is 0 Å². The molecule has 0 heterocycles. The number of carbonyl (C=O) groups excluding carboxylic acids is 1. The molecular weight excluding hydrogens is 268 g/mol. The first-order chi connectivity index (χ1) is 9.93. The van der Waals surface area contributed by atoms with E-state index in [9.17, 15) is 14.7 Å². The zero-order chi connectivity index (χ0) is 15.6. The number of hydrogen-bond acceptors (Lipinski definition) is 3. The number of carbonyl (C=O) groups is 2. The summed E-state index contributed by atoms with van der Waals surface area (Å²) in [4.78, 5) is 25.0. The van der Waals surface area contributed by atoms with Crippen molar-refractivity contribution in [3.05, 3.63) is 42.5 Å². The zero-order valence-corrected chi connectivity index (χ0v) is 12.0. The lowest BCUT2D eigenvalue weighted by Gasteiger charge is -2.29. The van der Waals surface area contributed by atoms with E-state index >= 15 is 0 Å². The molecule has 3 N–H and O–H groups in total. The van der Waals surface area contributed by atoms with Crippen LogP contribution in [-0.4, -0.2) is 29.1 Å². The number of anilines is 1. The van der Waals surface area contributed by atoms with Crippen molar-refractivity contribution in [2.24, 2.45) is 5.73 Å². The Labute approximate surface area is 123 Å². The minimum Gasteiger partial charge on any atom is -0.480 e. The monoisotopic (exact) mass is 286 g/mol. The first-order valence-electron chi connectivity index (χ1n) is 6.72. The number of fused-ring (bicyclic) bond motifs is 1. The number of carboxylic acid groups (broad SMARTS) is 1.